The van der Waals surface area contributed by atoms with Crippen molar-refractivity contribution in [3.63, 3.8) is 0 Å². The number of nitrogens with zero attached hydrogens (tertiary/aromatic N) is 4. The normalized spacial score (nSPS) is 30.0. The number of rotatable bonds is 7. The first-order valence-electron chi connectivity index (χ1n) is 19.1. The lowest BCUT2D eigenvalue weighted by Gasteiger charge is -2.30. The Bertz CT molecular complexity index is 1850. The van der Waals surface area contributed by atoms with Crippen molar-refractivity contribution in [3.8, 4) is 6.07 Å². The third-order valence-corrected chi connectivity index (χ3v) is 12.4. The van der Waals surface area contributed by atoms with Crippen LogP contribution in [0.4, 0.5) is 9.59 Å². The van der Waals surface area contributed by atoms with Gasteiger partial charge in [0.25, 0.3) is 5.91 Å². The molecule has 5 amide bonds. The van der Waals surface area contributed by atoms with Crippen molar-refractivity contribution in [1.82, 2.24) is 29.5 Å². The third kappa shape index (κ3) is 9.07. The number of fused-ring (bicyclic) bond motifs is 3. The fourth-order valence-corrected chi connectivity index (χ4v) is 9.25. The van der Waals surface area contributed by atoms with E-state index < -0.39 is 87.3 Å². The Morgan fingerprint density at radius 1 is 1.09 bits per heavy atom. The van der Waals surface area contributed by atoms with E-state index in [9.17, 15) is 37.7 Å². The van der Waals surface area contributed by atoms with E-state index in [0.29, 0.717) is 32.4 Å². The van der Waals surface area contributed by atoms with Gasteiger partial charge < -0.3 is 25.0 Å². The Balaban J connectivity index is 1.25. The second kappa shape index (κ2) is 15.8. The Hall–Kier alpha value is -4.69. The zero-order valence-corrected chi connectivity index (χ0v) is 32.6. The fraction of sp³-hybridized carbons (Fsp3) is 0.632. The van der Waals surface area contributed by atoms with Crippen molar-refractivity contribution < 1.29 is 41.9 Å². The van der Waals surface area contributed by atoms with Gasteiger partial charge >= 0.3 is 22.4 Å². The lowest BCUT2D eigenvalue weighted by molar-refractivity contribution is -0.141. The topological polar surface area (TPSA) is 208 Å². The van der Waals surface area contributed by atoms with Crippen LogP contribution < -0.4 is 15.4 Å². The molecule has 0 spiro atoms. The molecule has 16 nitrogen and oxygen atoms in total. The van der Waals surface area contributed by atoms with E-state index in [4.69, 9.17) is 9.47 Å². The van der Waals surface area contributed by atoms with Crippen molar-refractivity contribution in [2.24, 2.45) is 11.8 Å². The summed E-state index contributed by atoms with van der Waals surface area (Å²) in [6.07, 6.45) is 4.72. The van der Waals surface area contributed by atoms with E-state index in [0.717, 1.165) is 28.3 Å². The highest BCUT2D eigenvalue weighted by atomic mass is 32.2. The molecule has 0 bridgehead atoms. The summed E-state index contributed by atoms with van der Waals surface area (Å²) in [7, 11) is -4.38. The molecule has 5 aliphatic rings. The van der Waals surface area contributed by atoms with Gasteiger partial charge in [-0.15, -0.1) is 0 Å². The molecule has 3 fully saturated rings. The quantitative estimate of drug-likeness (QED) is 0.345. The molecule has 3 heterocycles. The van der Waals surface area contributed by atoms with Gasteiger partial charge in [-0.1, -0.05) is 56.2 Å². The molecule has 3 aliphatic heterocycles. The first-order chi connectivity index (χ1) is 26.0. The number of benzene rings is 1. The molecule has 6 rings (SSSR count). The van der Waals surface area contributed by atoms with E-state index in [1.807, 2.05) is 30.3 Å². The van der Waals surface area contributed by atoms with Crippen LogP contribution in [0.5, 0.6) is 0 Å². The molecule has 298 valence electrons. The summed E-state index contributed by atoms with van der Waals surface area (Å²) in [5.74, 6) is -3.23. The first kappa shape index (κ1) is 40.0. The SMILES string of the molecule is CCN(C1CC1C#N)S(=O)(=O)NC(=O)[C@@]12C[C@H]1/C=C/CCCCC[C@H](NC(=O)OC(C)(C)C)C(=O)N1C[C@H](OC(=O)N3Cc4ccccc4C3)C[C@H]1C(=O)N2. The van der Waals surface area contributed by atoms with Crippen molar-refractivity contribution in [2.75, 3.05) is 13.1 Å². The van der Waals surface area contributed by atoms with Crippen molar-refractivity contribution >= 4 is 40.1 Å². The first-order valence-corrected chi connectivity index (χ1v) is 20.5. The second-order valence-electron chi connectivity index (χ2n) is 16.1. The predicted molar refractivity (Wildman–Crippen MR) is 197 cm³/mol. The van der Waals surface area contributed by atoms with Crippen LogP contribution in [-0.2, 0) is 47.2 Å². The van der Waals surface area contributed by atoms with Gasteiger partial charge in [0.2, 0.25) is 11.8 Å². The standard InChI is InChI=1S/C38H51N7O9S/c1-5-45(30-17-26(30)20-39)55(51,52)42-34(48)38-19-27(38)15-9-7-6-8-10-16-29(40-35(49)54-37(2,3)4)33(47)44-23-28(18-31(44)32(46)41-38)53-36(50)43-21-24-13-11-12-14-25(24)22-43/h9,11-15,26-31H,5-8,10,16-19,21-23H2,1-4H3,(H,40,49)(H,41,46)(H,42,48)/b15-9+/t26?,27-,28-,29+,30?,31+,38-/m1/s1. The van der Waals surface area contributed by atoms with Gasteiger partial charge in [-0.2, -0.15) is 18.0 Å². The summed E-state index contributed by atoms with van der Waals surface area (Å²) in [4.78, 5) is 71.9. The summed E-state index contributed by atoms with van der Waals surface area (Å²) in [6, 6.07) is 6.87. The van der Waals surface area contributed by atoms with E-state index >= 15 is 0 Å². The predicted octanol–water partition coefficient (Wildman–Crippen LogP) is 2.99. The zero-order chi connectivity index (χ0) is 39.7. The average molecular weight is 782 g/mol. The minimum atomic E-state index is -4.38. The number of ether oxygens (including phenoxy) is 2. The number of hydrogen-bond acceptors (Lipinski definition) is 10. The highest BCUT2D eigenvalue weighted by Crippen LogP contribution is 2.46. The lowest BCUT2D eigenvalue weighted by Crippen LogP contribution is -2.59. The van der Waals surface area contributed by atoms with E-state index in [2.05, 4.69) is 21.4 Å². The van der Waals surface area contributed by atoms with Gasteiger partial charge in [0.1, 0.15) is 29.3 Å². The Kier molecular flexibility index (Phi) is 11.5. The average Bonchev–Trinajstić information content (AvgIpc) is 3.92. The molecule has 0 aromatic heterocycles. The number of nitrogens with one attached hydrogen (secondary N) is 3. The number of alkyl carbamates (subject to hydrolysis) is 1. The van der Waals surface area contributed by atoms with Crippen LogP contribution in [0.2, 0.25) is 0 Å². The third-order valence-electron chi connectivity index (χ3n) is 10.8. The Morgan fingerprint density at radius 3 is 2.44 bits per heavy atom. The van der Waals surface area contributed by atoms with Gasteiger partial charge in [-0.25, -0.2) is 14.3 Å². The van der Waals surface area contributed by atoms with Gasteiger partial charge in [0.15, 0.2) is 0 Å². The number of hydrogen-bond donors (Lipinski definition) is 3. The highest BCUT2D eigenvalue weighted by Gasteiger charge is 2.62. The lowest BCUT2D eigenvalue weighted by atomic mass is 10.0. The van der Waals surface area contributed by atoms with Gasteiger partial charge in [-0.05, 0) is 64.0 Å². The minimum absolute atomic E-state index is 0.0371. The fourth-order valence-electron chi connectivity index (χ4n) is 7.78. The zero-order valence-electron chi connectivity index (χ0n) is 31.8. The Morgan fingerprint density at radius 2 is 1.80 bits per heavy atom. The van der Waals surface area contributed by atoms with Crippen LogP contribution in [0.25, 0.3) is 0 Å². The minimum Gasteiger partial charge on any atom is -0.444 e. The number of carbonyl (C=O) groups is 5. The molecule has 1 aromatic carbocycles. The molecule has 2 aliphatic carbocycles. The van der Waals surface area contributed by atoms with Crippen LogP contribution in [0.1, 0.15) is 90.2 Å². The van der Waals surface area contributed by atoms with Crippen molar-refractivity contribution in [3.05, 3.63) is 47.5 Å². The molecule has 7 atom stereocenters. The summed E-state index contributed by atoms with van der Waals surface area (Å²) in [5.41, 5.74) is -0.493. The van der Waals surface area contributed by atoms with Gasteiger partial charge in [0, 0.05) is 38.0 Å². The van der Waals surface area contributed by atoms with Gasteiger partial charge in [0.05, 0.1) is 18.5 Å². The van der Waals surface area contributed by atoms with Crippen LogP contribution in [0, 0.1) is 23.2 Å². The van der Waals surface area contributed by atoms with Crippen LogP contribution >= 0.6 is 0 Å². The van der Waals surface area contributed by atoms with E-state index in [1.54, 1.807) is 33.8 Å². The molecular weight excluding hydrogens is 731 g/mol. The summed E-state index contributed by atoms with van der Waals surface area (Å²) in [5, 5.41) is 14.8. The molecule has 55 heavy (non-hydrogen) atoms. The molecule has 1 aromatic rings. The molecule has 2 unspecified atom stereocenters. The van der Waals surface area contributed by atoms with Crippen LogP contribution in [-0.4, -0.2) is 101 Å². The maximum absolute atomic E-state index is 14.4. The number of amides is 5. The van der Waals surface area contributed by atoms with Crippen LogP contribution in [0.3, 0.4) is 0 Å². The number of nitriles is 1. The smallest absolute Gasteiger partial charge is 0.410 e. The van der Waals surface area contributed by atoms with E-state index in [1.165, 1.54) is 9.80 Å². The summed E-state index contributed by atoms with van der Waals surface area (Å²) in [6.45, 7) is 7.30. The maximum atomic E-state index is 14.4. The molecule has 17 heteroatoms. The molecule has 2 saturated carbocycles. The molecule has 1 saturated heterocycles. The van der Waals surface area contributed by atoms with Gasteiger partial charge in [-0.3, -0.25) is 19.3 Å². The highest BCUT2D eigenvalue weighted by molar-refractivity contribution is 7.87. The van der Waals surface area contributed by atoms with E-state index in [-0.39, 0.29) is 32.4 Å². The molecule has 3 N–H and O–H groups in total. The summed E-state index contributed by atoms with van der Waals surface area (Å²) < 4.78 is 41.6. The molecule has 0 radical (unpaired) electrons. The van der Waals surface area contributed by atoms with Crippen molar-refractivity contribution in [2.45, 2.75) is 128 Å². The largest absolute Gasteiger partial charge is 0.444 e. The summed E-state index contributed by atoms with van der Waals surface area (Å²) >= 11 is 0. The number of allylic oxidation sites excluding steroid dienone is 1. The van der Waals surface area contributed by atoms with Crippen LogP contribution in [0.15, 0.2) is 36.4 Å². The van der Waals surface area contributed by atoms with Crippen molar-refractivity contribution in [1.29, 1.82) is 5.26 Å². The monoisotopic (exact) mass is 781 g/mol. The molecular formula is C38H51N7O9S. The second-order valence-corrected chi connectivity index (χ2v) is 17.7. The Labute approximate surface area is 322 Å². The number of carbonyl (C=O) groups excluding carboxylic acids is 5. The maximum Gasteiger partial charge on any atom is 0.410 e.